The van der Waals surface area contributed by atoms with Crippen molar-refractivity contribution in [1.29, 1.82) is 0 Å². The molecule has 0 saturated carbocycles. The lowest BCUT2D eigenvalue weighted by Crippen LogP contribution is -2.53. The van der Waals surface area contributed by atoms with Gasteiger partial charge in [0.2, 0.25) is 0 Å². The van der Waals surface area contributed by atoms with Crippen LogP contribution in [0.2, 0.25) is 0 Å². The van der Waals surface area contributed by atoms with Gasteiger partial charge in [-0.1, -0.05) is 6.07 Å². The minimum Gasteiger partial charge on any atom is -0.370 e. The Kier molecular flexibility index (Phi) is 2.81. The van der Waals surface area contributed by atoms with E-state index in [4.69, 9.17) is 4.74 Å². The first-order chi connectivity index (χ1) is 7.10. The van der Waals surface area contributed by atoms with Crippen molar-refractivity contribution < 1.29 is 4.74 Å². The molecule has 0 atom stereocenters. The zero-order chi connectivity index (χ0) is 10.9. The summed E-state index contributed by atoms with van der Waals surface area (Å²) in [6, 6.07) is 6.84. The molecule has 1 saturated heterocycles. The molecule has 2 nitrogen and oxygen atoms in total. The highest BCUT2D eigenvalue weighted by Gasteiger charge is 2.28. The molecule has 82 valence electrons. The van der Waals surface area contributed by atoms with Crippen molar-refractivity contribution >= 4 is 5.69 Å². The average molecular weight is 206 g/mol. The van der Waals surface area contributed by atoms with Crippen LogP contribution >= 0.6 is 0 Å². The summed E-state index contributed by atoms with van der Waals surface area (Å²) in [5.41, 5.74) is 4.14. The Morgan fingerprint density at radius 3 is 2.07 bits per heavy atom. The fourth-order valence-electron chi connectivity index (χ4n) is 2.27. The van der Waals surface area contributed by atoms with Crippen molar-refractivity contribution in [2.45, 2.75) is 13.8 Å². The lowest BCUT2D eigenvalue weighted by molar-refractivity contribution is 0.0526. The zero-order valence-corrected chi connectivity index (χ0v) is 9.92. The Morgan fingerprint density at radius 2 is 1.53 bits per heavy atom. The molecule has 1 heterocycles. The van der Waals surface area contributed by atoms with Gasteiger partial charge in [-0.15, -0.1) is 0 Å². The number of aryl methyl sites for hydroxylation is 2. The summed E-state index contributed by atoms with van der Waals surface area (Å²) < 4.78 is 6.45. The van der Waals surface area contributed by atoms with Crippen molar-refractivity contribution in [1.82, 2.24) is 4.48 Å². The van der Waals surface area contributed by atoms with Crippen LogP contribution in [0, 0.1) is 13.8 Å². The van der Waals surface area contributed by atoms with E-state index < -0.39 is 0 Å². The van der Waals surface area contributed by atoms with Gasteiger partial charge in [-0.25, -0.2) is 0 Å². The van der Waals surface area contributed by atoms with Crippen molar-refractivity contribution in [2.75, 3.05) is 33.4 Å². The van der Waals surface area contributed by atoms with Gasteiger partial charge in [-0.2, -0.15) is 0 Å². The van der Waals surface area contributed by atoms with Gasteiger partial charge in [0.1, 0.15) is 18.8 Å². The smallest absolute Gasteiger partial charge is 0.133 e. The Bertz CT molecular complexity index is 333. The zero-order valence-electron chi connectivity index (χ0n) is 9.92. The number of hydrogen-bond acceptors (Lipinski definition) is 1. The molecule has 0 radical (unpaired) electrons. The molecular formula is C13H20NO+. The van der Waals surface area contributed by atoms with Crippen molar-refractivity contribution in [2.24, 2.45) is 0 Å². The highest BCUT2D eigenvalue weighted by molar-refractivity contribution is 5.47. The Labute approximate surface area is 92.1 Å². The van der Waals surface area contributed by atoms with Crippen LogP contribution in [-0.4, -0.2) is 33.4 Å². The lowest BCUT2D eigenvalue weighted by atomic mass is 10.1. The molecule has 0 aliphatic carbocycles. The van der Waals surface area contributed by atoms with E-state index in [1.54, 1.807) is 0 Å². The number of rotatable bonds is 1. The molecule has 1 aromatic rings. The van der Waals surface area contributed by atoms with E-state index in [1.165, 1.54) is 16.8 Å². The fourth-order valence-corrected chi connectivity index (χ4v) is 2.27. The molecule has 1 aliphatic heterocycles. The molecule has 0 aromatic heterocycles. The molecule has 1 aliphatic rings. The first kappa shape index (κ1) is 10.7. The molecule has 0 N–H and O–H groups in total. The van der Waals surface area contributed by atoms with Crippen LogP contribution in [0.15, 0.2) is 18.2 Å². The molecule has 2 rings (SSSR count). The second-order valence-corrected chi connectivity index (χ2v) is 4.80. The van der Waals surface area contributed by atoms with Gasteiger partial charge < -0.3 is 4.74 Å². The van der Waals surface area contributed by atoms with E-state index in [-0.39, 0.29) is 0 Å². The van der Waals surface area contributed by atoms with Crippen LogP contribution in [-0.2, 0) is 4.74 Å². The predicted molar refractivity (Wildman–Crippen MR) is 64.2 cm³/mol. The highest BCUT2D eigenvalue weighted by atomic mass is 16.5. The molecule has 0 unspecified atom stereocenters. The summed E-state index contributed by atoms with van der Waals surface area (Å²) in [6.45, 7) is 8.27. The van der Waals surface area contributed by atoms with E-state index in [1.807, 2.05) is 0 Å². The van der Waals surface area contributed by atoms with Crippen molar-refractivity contribution in [3.8, 4) is 0 Å². The van der Waals surface area contributed by atoms with Gasteiger partial charge in [-0.05, 0) is 25.0 Å². The number of morpholine rings is 1. The van der Waals surface area contributed by atoms with Crippen LogP contribution in [0.1, 0.15) is 11.1 Å². The maximum Gasteiger partial charge on any atom is 0.133 e. The standard InChI is InChI=1S/C13H20NO/c1-11-8-12(2)10-13(9-11)14(3)4-6-15-7-5-14/h8-10H,4-7H2,1-3H3/q+1. The minimum atomic E-state index is 0.878. The van der Waals surface area contributed by atoms with E-state index >= 15 is 0 Å². The maximum absolute atomic E-state index is 5.43. The third kappa shape index (κ3) is 2.21. The van der Waals surface area contributed by atoms with Crippen molar-refractivity contribution in [3.63, 3.8) is 0 Å². The van der Waals surface area contributed by atoms with Crippen LogP contribution in [0.5, 0.6) is 0 Å². The summed E-state index contributed by atoms with van der Waals surface area (Å²) >= 11 is 0. The first-order valence-corrected chi connectivity index (χ1v) is 5.61. The summed E-state index contributed by atoms with van der Waals surface area (Å²) in [5, 5.41) is 0. The number of quaternary nitrogens is 1. The third-order valence-corrected chi connectivity index (χ3v) is 3.29. The summed E-state index contributed by atoms with van der Waals surface area (Å²) in [4.78, 5) is 0. The lowest BCUT2D eigenvalue weighted by Gasteiger charge is -2.37. The van der Waals surface area contributed by atoms with Gasteiger partial charge in [-0.3, -0.25) is 4.48 Å². The maximum atomic E-state index is 5.43. The van der Waals surface area contributed by atoms with Gasteiger partial charge in [0.25, 0.3) is 0 Å². The summed E-state index contributed by atoms with van der Waals surface area (Å²) in [6.07, 6.45) is 0. The van der Waals surface area contributed by atoms with Gasteiger partial charge in [0.05, 0.1) is 20.3 Å². The summed E-state index contributed by atoms with van der Waals surface area (Å²) in [5.74, 6) is 0. The van der Waals surface area contributed by atoms with Gasteiger partial charge >= 0.3 is 0 Å². The molecule has 2 heteroatoms. The van der Waals surface area contributed by atoms with Crippen LogP contribution in [0.3, 0.4) is 0 Å². The van der Waals surface area contributed by atoms with E-state index in [0.29, 0.717) is 0 Å². The van der Waals surface area contributed by atoms with Gasteiger partial charge in [0, 0.05) is 12.1 Å². The fraction of sp³-hybridized carbons (Fsp3) is 0.538. The SMILES string of the molecule is Cc1cc(C)cc([N+]2(C)CCOCC2)c1. The predicted octanol–water partition coefficient (Wildman–Crippen LogP) is 2.27. The van der Waals surface area contributed by atoms with E-state index in [2.05, 4.69) is 39.1 Å². The molecule has 0 spiro atoms. The summed E-state index contributed by atoms with van der Waals surface area (Å²) in [7, 11) is 2.30. The Morgan fingerprint density at radius 1 is 1.00 bits per heavy atom. The molecule has 0 bridgehead atoms. The monoisotopic (exact) mass is 206 g/mol. The normalized spacial score (nSPS) is 20.2. The van der Waals surface area contributed by atoms with Crippen LogP contribution < -0.4 is 4.48 Å². The third-order valence-electron chi connectivity index (χ3n) is 3.29. The van der Waals surface area contributed by atoms with Crippen molar-refractivity contribution in [3.05, 3.63) is 29.3 Å². The van der Waals surface area contributed by atoms with Crippen LogP contribution in [0.25, 0.3) is 0 Å². The molecule has 0 amide bonds. The number of likely N-dealkylation sites (N-methyl/N-ethyl adjacent to an activating group) is 1. The second kappa shape index (κ2) is 3.95. The number of hydrogen-bond donors (Lipinski definition) is 0. The second-order valence-electron chi connectivity index (χ2n) is 4.80. The first-order valence-electron chi connectivity index (χ1n) is 5.61. The highest BCUT2D eigenvalue weighted by Crippen LogP contribution is 2.25. The molecule has 1 fully saturated rings. The number of benzene rings is 1. The number of nitrogens with zero attached hydrogens (tertiary/aromatic N) is 1. The topological polar surface area (TPSA) is 9.23 Å². The van der Waals surface area contributed by atoms with E-state index in [9.17, 15) is 0 Å². The quantitative estimate of drug-likeness (QED) is 0.640. The largest absolute Gasteiger partial charge is 0.370 e. The average Bonchev–Trinajstić information content (AvgIpc) is 2.17. The number of ether oxygens (including phenoxy) is 1. The molecule has 15 heavy (non-hydrogen) atoms. The molecule has 1 aromatic carbocycles. The Balaban J connectivity index is 2.34. The Hall–Kier alpha value is -0.860. The van der Waals surface area contributed by atoms with Gasteiger partial charge in [0.15, 0.2) is 0 Å². The molecular weight excluding hydrogens is 186 g/mol. The van der Waals surface area contributed by atoms with Crippen LogP contribution in [0.4, 0.5) is 5.69 Å². The van der Waals surface area contributed by atoms with E-state index in [0.717, 1.165) is 30.8 Å². The minimum absolute atomic E-state index is 0.878.